The number of methoxy groups -OCH3 is 1. The molecule has 8 nitrogen and oxygen atoms in total. The van der Waals surface area contributed by atoms with Crippen molar-refractivity contribution in [3.63, 3.8) is 0 Å². The van der Waals surface area contributed by atoms with Crippen molar-refractivity contribution in [1.29, 1.82) is 0 Å². The summed E-state index contributed by atoms with van der Waals surface area (Å²) in [6.45, 7) is 1.38. The van der Waals surface area contributed by atoms with Crippen LogP contribution in [0.1, 0.15) is 21.5 Å². The van der Waals surface area contributed by atoms with Crippen molar-refractivity contribution >= 4 is 46.4 Å². The smallest absolute Gasteiger partial charge is 0.293 e. The summed E-state index contributed by atoms with van der Waals surface area (Å²) in [4.78, 5) is 51.1. The van der Waals surface area contributed by atoms with Gasteiger partial charge in [0, 0.05) is 11.3 Å². The molecule has 1 aliphatic heterocycles. The second-order valence-corrected chi connectivity index (χ2v) is 9.17. The Kier molecular flexibility index (Phi) is 8.05. The van der Waals surface area contributed by atoms with E-state index in [1.165, 1.54) is 7.11 Å². The predicted molar refractivity (Wildman–Crippen MR) is 142 cm³/mol. The molecule has 3 aromatic rings. The number of hydrogen-bond donors (Lipinski definition) is 1. The van der Waals surface area contributed by atoms with Gasteiger partial charge in [0.2, 0.25) is 0 Å². The van der Waals surface area contributed by atoms with Gasteiger partial charge in [0.25, 0.3) is 17.1 Å². The fraction of sp³-hybridized carbons (Fsp3) is 0.143. The standard InChI is InChI=1S/C28H24N2O6S/c1-18-7-6-10-21(13-18)29-26(32)17-36-23-12-11-19(14-24(23)35-2)15-25-27(33)30(28(34)37-25)16-22(31)20-8-4-3-5-9-20/h3-15H,16-17H2,1-2H3,(H,29,32)/b25-15+. The first-order valence-electron chi connectivity index (χ1n) is 11.3. The second-order valence-electron chi connectivity index (χ2n) is 8.17. The minimum Gasteiger partial charge on any atom is -0.493 e. The highest BCUT2D eigenvalue weighted by molar-refractivity contribution is 8.18. The minimum absolute atomic E-state index is 0.194. The van der Waals surface area contributed by atoms with Crippen LogP contribution in [0.2, 0.25) is 0 Å². The van der Waals surface area contributed by atoms with Gasteiger partial charge in [-0.25, -0.2) is 0 Å². The maximum atomic E-state index is 12.8. The third kappa shape index (κ3) is 6.45. The van der Waals surface area contributed by atoms with Crippen LogP contribution in [0.15, 0.2) is 77.7 Å². The van der Waals surface area contributed by atoms with Crippen LogP contribution in [-0.2, 0) is 9.59 Å². The number of imide groups is 1. The van der Waals surface area contributed by atoms with Gasteiger partial charge in [-0.3, -0.25) is 24.1 Å². The Morgan fingerprint density at radius 3 is 2.49 bits per heavy atom. The molecule has 4 rings (SSSR count). The Labute approximate surface area is 218 Å². The van der Waals surface area contributed by atoms with Crippen LogP contribution < -0.4 is 14.8 Å². The molecule has 0 saturated carbocycles. The van der Waals surface area contributed by atoms with Crippen molar-refractivity contribution in [2.75, 3.05) is 25.6 Å². The third-order valence-corrected chi connectivity index (χ3v) is 6.32. The molecular weight excluding hydrogens is 492 g/mol. The number of amides is 3. The van der Waals surface area contributed by atoms with E-state index >= 15 is 0 Å². The van der Waals surface area contributed by atoms with E-state index in [4.69, 9.17) is 9.47 Å². The zero-order valence-corrected chi connectivity index (χ0v) is 21.0. The van der Waals surface area contributed by atoms with Gasteiger partial charge < -0.3 is 14.8 Å². The van der Waals surface area contributed by atoms with Gasteiger partial charge in [0.1, 0.15) is 0 Å². The summed E-state index contributed by atoms with van der Waals surface area (Å²) in [7, 11) is 1.46. The summed E-state index contributed by atoms with van der Waals surface area (Å²) < 4.78 is 11.0. The van der Waals surface area contributed by atoms with Gasteiger partial charge in [-0.05, 0) is 60.2 Å². The first kappa shape index (κ1) is 25.7. The lowest BCUT2D eigenvalue weighted by Gasteiger charge is -2.12. The lowest BCUT2D eigenvalue weighted by molar-refractivity contribution is -0.122. The molecule has 0 radical (unpaired) electrons. The van der Waals surface area contributed by atoms with Gasteiger partial charge in [0.05, 0.1) is 18.6 Å². The van der Waals surface area contributed by atoms with Gasteiger partial charge in [0.15, 0.2) is 23.9 Å². The lowest BCUT2D eigenvalue weighted by Crippen LogP contribution is -2.33. The topological polar surface area (TPSA) is 102 Å². The molecule has 3 amide bonds. The highest BCUT2D eigenvalue weighted by Crippen LogP contribution is 2.34. The van der Waals surface area contributed by atoms with Crippen LogP contribution in [0, 0.1) is 6.92 Å². The summed E-state index contributed by atoms with van der Waals surface area (Å²) in [6, 6.07) is 20.9. The van der Waals surface area contributed by atoms with E-state index in [0.29, 0.717) is 28.3 Å². The molecule has 0 unspecified atom stereocenters. The van der Waals surface area contributed by atoms with Crippen molar-refractivity contribution in [2.45, 2.75) is 6.92 Å². The molecule has 9 heteroatoms. The molecule has 1 aliphatic rings. The molecular formula is C28H24N2O6S. The molecule has 1 N–H and O–H groups in total. The Balaban J connectivity index is 1.41. The molecule has 37 heavy (non-hydrogen) atoms. The molecule has 1 heterocycles. The van der Waals surface area contributed by atoms with Crippen LogP contribution >= 0.6 is 11.8 Å². The monoisotopic (exact) mass is 516 g/mol. The predicted octanol–water partition coefficient (Wildman–Crippen LogP) is 4.94. The van der Waals surface area contributed by atoms with Crippen molar-refractivity contribution in [1.82, 2.24) is 4.90 Å². The van der Waals surface area contributed by atoms with E-state index in [1.807, 2.05) is 25.1 Å². The number of nitrogens with zero attached hydrogens (tertiary/aromatic N) is 1. The van der Waals surface area contributed by atoms with E-state index in [2.05, 4.69) is 5.32 Å². The number of anilines is 1. The van der Waals surface area contributed by atoms with Gasteiger partial charge in [-0.15, -0.1) is 0 Å². The van der Waals surface area contributed by atoms with Crippen molar-refractivity contribution in [3.05, 3.63) is 94.4 Å². The highest BCUT2D eigenvalue weighted by Gasteiger charge is 2.36. The summed E-state index contributed by atoms with van der Waals surface area (Å²) in [5.74, 6) is -0.475. The number of benzene rings is 3. The van der Waals surface area contributed by atoms with E-state index in [9.17, 15) is 19.2 Å². The average Bonchev–Trinajstić information content (AvgIpc) is 3.15. The lowest BCUT2D eigenvalue weighted by atomic mass is 10.1. The summed E-state index contributed by atoms with van der Waals surface area (Å²) in [6.07, 6.45) is 1.55. The number of rotatable bonds is 9. The maximum Gasteiger partial charge on any atom is 0.293 e. The Hall–Kier alpha value is -4.37. The normalized spacial score (nSPS) is 14.1. The Bertz CT molecular complexity index is 1390. The molecule has 0 aliphatic carbocycles. The van der Waals surface area contributed by atoms with Crippen LogP contribution in [0.4, 0.5) is 10.5 Å². The first-order valence-corrected chi connectivity index (χ1v) is 12.2. The van der Waals surface area contributed by atoms with E-state index in [0.717, 1.165) is 22.2 Å². The number of Topliss-reactive ketones (excluding diaryl/α,β-unsaturated/α-hetero) is 1. The first-order chi connectivity index (χ1) is 17.8. The number of ether oxygens (including phenoxy) is 2. The number of ketones is 1. The van der Waals surface area contributed by atoms with Crippen molar-refractivity contribution in [3.8, 4) is 11.5 Å². The second kappa shape index (κ2) is 11.6. The number of thioether (sulfide) groups is 1. The van der Waals surface area contributed by atoms with Crippen LogP contribution in [-0.4, -0.2) is 48.0 Å². The molecule has 0 aromatic heterocycles. The summed E-state index contributed by atoms with van der Waals surface area (Å²) in [5, 5.41) is 2.26. The largest absolute Gasteiger partial charge is 0.493 e. The van der Waals surface area contributed by atoms with Crippen molar-refractivity contribution < 1.29 is 28.7 Å². The fourth-order valence-electron chi connectivity index (χ4n) is 3.60. The van der Waals surface area contributed by atoms with Crippen LogP contribution in [0.5, 0.6) is 11.5 Å². The SMILES string of the molecule is COc1cc(/C=C2/SC(=O)N(CC(=O)c3ccccc3)C2=O)ccc1OCC(=O)Nc1cccc(C)c1. The molecule has 3 aromatic carbocycles. The van der Waals surface area contributed by atoms with Gasteiger partial charge >= 0.3 is 0 Å². The number of carbonyl (C=O) groups is 4. The Morgan fingerprint density at radius 1 is 0.973 bits per heavy atom. The molecule has 1 fully saturated rings. The fourth-order valence-corrected chi connectivity index (χ4v) is 4.44. The van der Waals surface area contributed by atoms with E-state index < -0.39 is 11.1 Å². The molecule has 188 valence electrons. The van der Waals surface area contributed by atoms with E-state index in [-0.39, 0.29) is 29.7 Å². The minimum atomic E-state index is -0.536. The molecule has 0 atom stereocenters. The Morgan fingerprint density at radius 2 is 1.76 bits per heavy atom. The number of hydrogen-bond acceptors (Lipinski definition) is 7. The quantitative estimate of drug-likeness (QED) is 0.317. The third-order valence-electron chi connectivity index (χ3n) is 5.42. The van der Waals surface area contributed by atoms with Gasteiger partial charge in [-0.1, -0.05) is 48.5 Å². The van der Waals surface area contributed by atoms with Gasteiger partial charge in [-0.2, -0.15) is 0 Å². The number of nitrogens with one attached hydrogen (secondary N) is 1. The highest BCUT2D eigenvalue weighted by atomic mass is 32.2. The van der Waals surface area contributed by atoms with Crippen molar-refractivity contribution in [2.24, 2.45) is 0 Å². The van der Waals surface area contributed by atoms with Crippen LogP contribution in [0.3, 0.4) is 0 Å². The molecule has 0 spiro atoms. The number of aryl methyl sites for hydroxylation is 1. The molecule has 1 saturated heterocycles. The summed E-state index contributed by atoms with van der Waals surface area (Å²) in [5.41, 5.74) is 2.72. The zero-order valence-electron chi connectivity index (χ0n) is 20.2. The van der Waals surface area contributed by atoms with E-state index in [1.54, 1.807) is 60.7 Å². The maximum absolute atomic E-state index is 12.8. The average molecular weight is 517 g/mol. The zero-order chi connectivity index (χ0) is 26.4. The van der Waals surface area contributed by atoms with Crippen LogP contribution in [0.25, 0.3) is 6.08 Å². The molecule has 0 bridgehead atoms. The number of carbonyl (C=O) groups excluding carboxylic acids is 4. The summed E-state index contributed by atoms with van der Waals surface area (Å²) >= 11 is 0.769.